The number of nitrogen functional groups attached to an aromatic ring is 2. The summed E-state index contributed by atoms with van der Waals surface area (Å²) in [7, 11) is 2.82. The highest BCUT2D eigenvalue weighted by Gasteiger charge is 2.16. The highest BCUT2D eigenvalue weighted by Crippen LogP contribution is 2.34. The third-order valence-corrected chi connectivity index (χ3v) is 4.09. The number of hydrogen-bond acceptors (Lipinski definition) is 8. The molecule has 0 saturated carbocycles. The van der Waals surface area contributed by atoms with Crippen LogP contribution in [0, 0.1) is 0 Å². The summed E-state index contributed by atoms with van der Waals surface area (Å²) < 4.78 is 10.4. The molecule has 0 spiro atoms. The summed E-state index contributed by atoms with van der Waals surface area (Å²) in [4.78, 5) is 22.8. The lowest BCUT2D eigenvalue weighted by Gasteiger charge is -2.16. The summed E-state index contributed by atoms with van der Waals surface area (Å²) >= 11 is 0. The third kappa shape index (κ3) is 4.92. The van der Waals surface area contributed by atoms with Gasteiger partial charge in [-0.1, -0.05) is 7.43 Å². The minimum atomic E-state index is -0.624. The number of rotatable bonds is 9. The fraction of sp³-hybridized carbons (Fsp3) is 0.263. The molecule has 2 aromatic carbocycles. The van der Waals surface area contributed by atoms with E-state index in [0.717, 1.165) is 0 Å². The molecule has 10 heteroatoms. The van der Waals surface area contributed by atoms with Gasteiger partial charge in [0.25, 0.3) is 11.8 Å². The lowest BCUT2D eigenvalue weighted by molar-refractivity contribution is 0.0989. The Morgan fingerprint density at radius 2 is 1.14 bits per heavy atom. The van der Waals surface area contributed by atoms with Gasteiger partial charge in [-0.05, 0) is 24.3 Å². The van der Waals surface area contributed by atoms with Gasteiger partial charge < -0.3 is 43.0 Å². The molecule has 29 heavy (non-hydrogen) atoms. The van der Waals surface area contributed by atoms with E-state index in [1.807, 2.05) is 0 Å². The van der Waals surface area contributed by atoms with Gasteiger partial charge in [0.2, 0.25) is 0 Å². The lowest BCUT2D eigenvalue weighted by Crippen LogP contribution is -2.18. The van der Waals surface area contributed by atoms with Crippen molar-refractivity contribution in [1.82, 2.24) is 0 Å². The van der Waals surface area contributed by atoms with Crippen LogP contribution in [0.15, 0.2) is 24.3 Å². The quantitative estimate of drug-likeness (QED) is 0.266. The minimum Gasteiger partial charge on any atom is -0.494 e. The Morgan fingerprint density at radius 1 is 0.793 bits per heavy atom. The van der Waals surface area contributed by atoms with Crippen molar-refractivity contribution >= 4 is 34.6 Å². The van der Waals surface area contributed by atoms with E-state index >= 15 is 0 Å². The van der Waals surface area contributed by atoms with E-state index in [9.17, 15) is 9.59 Å². The summed E-state index contributed by atoms with van der Waals surface area (Å²) in [6.07, 6.45) is 0. The van der Waals surface area contributed by atoms with Gasteiger partial charge >= 0.3 is 0 Å². The number of amides is 2. The van der Waals surface area contributed by atoms with Crippen molar-refractivity contribution < 1.29 is 19.1 Å². The first-order valence-corrected chi connectivity index (χ1v) is 8.32. The van der Waals surface area contributed by atoms with Crippen LogP contribution < -0.4 is 43.0 Å². The number of nitrogens with two attached hydrogens (primary N) is 4. The number of ether oxygens (including phenoxy) is 2. The standard InChI is InChI=1S/C18H24N6O4.CH4/c1-27-15-9(17(21)25)3-5-11(13(15)19)23-7-8-24-12-6-4-10(18(22)26)16(28-2)14(12)20;/h3-6,23-24H,7-8,19-20H2,1-2H3,(H2,21,25)(H2,22,26);1H4. The summed E-state index contributed by atoms with van der Waals surface area (Å²) in [5.41, 5.74) is 24.9. The zero-order valence-corrected chi connectivity index (χ0v) is 15.7. The van der Waals surface area contributed by atoms with Crippen molar-refractivity contribution in [3.63, 3.8) is 0 Å². The van der Waals surface area contributed by atoms with E-state index in [1.54, 1.807) is 24.3 Å². The normalized spacial score (nSPS) is 9.86. The summed E-state index contributed by atoms with van der Waals surface area (Å²) in [5.74, 6) is -0.802. The van der Waals surface area contributed by atoms with Crippen LogP contribution in [0.4, 0.5) is 22.7 Å². The molecule has 0 atom stereocenters. The molecule has 2 amide bonds. The number of carbonyl (C=O) groups excluding carboxylic acids is 2. The fourth-order valence-corrected chi connectivity index (χ4v) is 2.73. The maximum absolute atomic E-state index is 11.4. The summed E-state index contributed by atoms with van der Waals surface area (Å²) in [6.45, 7) is 0.950. The molecular weight excluding hydrogens is 376 g/mol. The second-order valence-corrected chi connectivity index (χ2v) is 5.80. The van der Waals surface area contributed by atoms with Gasteiger partial charge in [-0.25, -0.2) is 0 Å². The topological polar surface area (TPSA) is 181 Å². The van der Waals surface area contributed by atoms with Crippen LogP contribution in [0.3, 0.4) is 0 Å². The highest BCUT2D eigenvalue weighted by molar-refractivity contribution is 6.00. The molecule has 158 valence electrons. The molecule has 2 rings (SSSR count). The molecule has 2 aromatic rings. The van der Waals surface area contributed by atoms with Crippen molar-refractivity contribution in [2.75, 3.05) is 49.4 Å². The van der Waals surface area contributed by atoms with E-state index in [2.05, 4.69) is 10.6 Å². The van der Waals surface area contributed by atoms with Gasteiger partial charge in [-0.15, -0.1) is 0 Å². The molecule has 0 saturated heterocycles. The van der Waals surface area contributed by atoms with Gasteiger partial charge in [0.15, 0.2) is 11.5 Å². The Kier molecular flexibility index (Phi) is 7.95. The van der Waals surface area contributed by atoms with Gasteiger partial charge in [-0.3, -0.25) is 9.59 Å². The van der Waals surface area contributed by atoms with Crippen LogP contribution in [0.1, 0.15) is 28.1 Å². The average Bonchev–Trinajstić information content (AvgIpc) is 2.66. The Balaban J connectivity index is 0.00000420. The number of benzene rings is 2. The third-order valence-electron chi connectivity index (χ3n) is 4.09. The average molecular weight is 404 g/mol. The maximum Gasteiger partial charge on any atom is 0.252 e. The van der Waals surface area contributed by atoms with Crippen LogP contribution >= 0.6 is 0 Å². The van der Waals surface area contributed by atoms with Crippen molar-refractivity contribution in [2.24, 2.45) is 11.5 Å². The SMILES string of the molecule is C.COc1c(C(N)=O)ccc(NCCNc2ccc(C(N)=O)c(OC)c2N)c1N. The molecule has 0 aliphatic heterocycles. The second kappa shape index (κ2) is 9.93. The predicted molar refractivity (Wildman–Crippen MR) is 116 cm³/mol. The van der Waals surface area contributed by atoms with E-state index in [-0.39, 0.29) is 41.4 Å². The molecule has 0 aromatic heterocycles. The van der Waals surface area contributed by atoms with Crippen molar-refractivity contribution in [1.29, 1.82) is 0 Å². The zero-order valence-electron chi connectivity index (χ0n) is 15.7. The van der Waals surface area contributed by atoms with E-state index < -0.39 is 11.8 Å². The molecule has 10 N–H and O–H groups in total. The van der Waals surface area contributed by atoms with E-state index in [1.165, 1.54) is 14.2 Å². The number of methoxy groups -OCH3 is 2. The van der Waals surface area contributed by atoms with Crippen LogP contribution in [-0.2, 0) is 0 Å². The molecule has 0 aliphatic carbocycles. The Morgan fingerprint density at radius 3 is 1.41 bits per heavy atom. The monoisotopic (exact) mass is 404 g/mol. The lowest BCUT2D eigenvalue weighted by atomic mass is 10.1. The molecule has 0 bridgehead atoms. The van der Waals surface area contributed by atoms with Crippen LogP contribution in [-0.4, -0.2) is 39.1 Å². The van der Waals surface area contributed by atoms with Gasteiger partial charge in [0.1, 0.15) is 0 Å². The molecular formula is C19H28N6O4. The molecule has 0 fully saturated rings. The smallest absolute Gasteiger partial charge is 0.252 e. The van der Waals surface area contributed by atoms with Gasteiger partial charge in [0, 0.05) is 13.1 Å². The Hall–Kier alpha value is -3.82. The summed E-state index contributed by atoms with van der Waals surface area (Å²) in [6, 6.07) is 6.38. The number of nitrogens with one attached hydrogen (secondary N) is 2. The number of primary amides is 2. The second-order valence-electron chi connectivity index (χ2n) is 5.80. The fourth-order valence-electron chi connectivity index (χ4n) is 2.73. The molecule has 0 radical (unpaired) electrons. The first-order chi connectivity index (χ1) is 13.3. The van der Waals surface area contributed by atoms with E-state index in [0.29, 0.717) is 24.5 Å². The largest absolute Gasteiger partial charge is 0.494 e. The minimum absolute atomic E-state index is 0. The molecule has 10 nitrogen and oxygen atoms in total. The molecule has 0 aliphatic rings. The predicted octanol–water partition coefficient (Wildman–Crippen LogP) is 1.23. The van der Waals surface area contributed by atoms with Crippen LogP contribution in [0.5, 0.6) is 11.5 Å². The molecule has 0 unspecified atom stereocenters. The summed E-state index contributed by atoms with van der Waals surface area (Å²) in [5, 5.41) is 6.27. The molecule has 0 heterocycles. The Bertz CT molecular complexity index is 827. The van der Waals surface area contributed by atoms with Crippen molar-refractivity contribution in [3.05, 3.63) is 35.4 Å². The number of anilines is 4. The van der Waals surface area contributed by atoms with Gasteiger partial charge in [-0.2, -0.15) is 0 Å². The maximum atomic E-state index is 11.4. The number of carbonyl (C=O) groups is 2. The zero-order chi connectivity index (χ0) is 20.8. The van der Waals surface area contributed by atoms with Crippen LogP contribution in [0.2, 0.25) is 0 Å². The van der Waals surface area contributed by atoms with Gasteiger partial charge in [0.05, 0.1) is 48.1 Å². The van der Waals surface area contributed by atoms with Crippen LogP contribution in [0.25, 0.3) is 0 Å². The first-order valence-electron chi connectivity index (χ1n) is 8.32. The van der Waals surface area contributed by atoms with E-state index in [4.69, 9.17) is 32.4 Å². The number of hydrogen-bond donors (Lipinski definition) is 6. The highest BCUT2D eigenvalue weighted by atomic mass is 16.5. The Labute approximate surface area is 169 Å². The first kappa shape index (κ1) is 23.2. The van der Waals surface area contributed by atoms with Crippen molar-refractivity contribution in [2.45, 2.75) is 7.43 Å². The van der Waals surface area contributed by atoms with Crippen molar-refractivity contribution in [3.8, 4) is 11.5 Å².